The molecular formula is C19H22N2O6S. The van der Waals surface area contributed by atoms with Gasteiger partial charge in [0, 0.05) is 37.0 Å². The van der Waals surface area contributed by atoms with E-state index in [0.717, 1.165) is 0 Å². The van der Waals surface area contributed by atoms with Crippen molar-refractivity contribution >= 4 is 21.6 Å². The van der Waals surface area contributed by atoms with E-state index in [1.54, 1.807) is 30.3 Å². The Bertz CT molecular complexity index is 931. The molecule has 0 radical (unpaired) electrons. The number of carbonyl (C=O) groups is 1. The van der Waals surface area contributed by atoms with Crippen molar-refractivity contribution in [2.75, 3.05) is 39.7 Å². The zero-order chi connectivity index (χ0) is 20.3. The lowest BCUT2D eigenvalue weighted by atomic mass is 10.2. The molecular weight excluding hydrogens is 384 g/mol. The lowest BCUT2D eigenvalue weighted by Gasteiger charge is -2.38. The predicted molar refractivity (Wildman–Crippen MR) is 104 cm³/mol. The fourth-order valence-electron chi connectivity index (χ4n) is 2.84. The van der Waals surface area contributed by atoms with E-state index in [1.807, 2.05) is 0 Å². The van der Waals surface area contributed by atoms with Crippen LogP contribution < -0.4 is 19.5 Å². The summed E-state index contributed by atoms with van der Waals surface area (Å²) in [5.74, 6) is 1.67. The van der Waals surface area contributed by atoms with Crippen molar-refractivity contribution in [2.45, 2.75) is 10.1 Å². The van der Waals surface area contributed by atoms with Gasteiger partial charge in [0.2, 0.25) is 0 Å². The van der Waals surface area contributed by atoms with Crippen molar-refractivity contribution in [1.29, 1.82) is 0 Å². The van der Waals surface area contributed by atoms with Gasteiger partial charge in [-0.25, -0.2) is 13.2 Å². The molecule has 150 valence electrons. The number of methoxy groups -OCH3 is 3. The number of likely N-dealkylation sites (tertiary alicyclic amines) is 1. The van der Waals surface area contributed by atoms with Crippen LogP contribution in [-0.2, 0) is 9.84 Å². The molecule has 2 aromatic rings. The number of hydrogen-bond acceptors (Lipinski definition) is 6. The number of carbonyl (C=O) groups excluding carboxylic acids is 1. The number of nitrogens with one attached hydrogen (secondary N) is 1. The van der Waals surface area contributed by atoms with Gasteiger partial charge >= 0.3 is 6.03 Å². The van der Waals surface area contributed by atoms with E-state index in [-0.39, 0.29) is 24.0 Å². The number of rotatable bonds is 6. The third-order valence-electron chi connectivity index (χ3n) is 4.56. The lowest BCUT2D eigenvalue weighted by molar-refractivity contribution is 0.182. The summed E-state index contributed by atoms with van der Waals surface area (Å²) in [4.78, 5) is 14.1. The molecule has 0 atom stereocenters. The lowest BCUT2D eigenvalue weighted by Crippen LogP contribution is -2.58. The molecule has 1 aliphatic heterocycles. The Morgan fingerprint density at radius 2 is 1.46 bits per heavy atom. The maximum absolute atomic E-state index is 12.7. The fraction of sp³-hybridized carbons (Fsp3) is 0.316. The Hall–Kier alpha value is -2.94. The second kappa shape index (κ2) is 7.97. The predicted octanol–water partition coefficient (Wildman–Crippen LogP) is 2.40. The summed E-state index contributed by atoms with van der Waals surface area (Å²) in [6, 6.07) is 10.9. The van der Waals surface area contributed by atoms with Gasteiger partial charge in [-0.15, -0.1) is 0 Å². The Morgan fingerprint density at radius 1 is 0.929 bits per heavy atom. The quantitative estimate of drug-likeness (QED) is 0.792. The summed E-state index contributed by atoms with van der Waals surface area (Å²) < 4.78 is 40.7. The van der Waals surface area contributed by atoms with Gasteiger partial charge in [-0.2, -0.15) is 0 Å². The number of amides is 2. The van der Waals surface area contributed by atoms with Gasteiger partial charge in [0.15, 0.2) is 9.84 Å². The maximum atomic E-state index is 12.7. The largest absolute Gasteiger partial charge is 0.497 e. The molecule has 2 amide bonds. The van der Waals surface area contributed by atoms with Crippen molar-refractivity contribution in [3.63, 3.8) is 0 Å². The molecule has 0 saturated carbocycles. The summed E-state index contributed by atoms with van der Waals surface area (Å²) in [5, 5.41) is 2.10. The molecule has 8 nitrogen and oxygen atoms in total. The van der Waals surface area contributed by atoms with Crippen molar-refractivity contribution in [3.05, 3.63) is 42.5 Å². The first kappa shape index (κ1) is 19.8. The summed E-state index contributed by atoms with van der Waals surface area (Å²) in [7, 11) is 1.05. The number of urea groups is 1. The molecule has 1 fully saturated rings. The molecule has 1 N–H and O–H groups in total. The van der Waals surface area contributed by atoms with Crippen molar-refractivity contribution in [2.24, 2.45) is 0 Å². The highest BCUT2D eigenvalue weighted by molar-refractivity contribution is 7.92. The van der Waals surface area contributed by atoms with Crippen molar-refractivity contribution < 1.29 is 27.4 Å². The molecule has 0 aromatic heterocycles. The average Bonchev–Trinajstić information content (AvgIpc) is 2.66. The molecule has 0 bridgehead atoms. The first-order chi connectivity index (χ1) is 13.4. The van der Waals surface area contributed by atoms with Crippen LogP contribution in [0.2, 0.25) is 0 Å². The van der Waals surface area contributed by atoms with Crippen molar-refractivity contribution in [3.8, 4) is 17.2 Å². The summed E-state index contributed by atoms with van der Waals surface area (Å²) in [6.45, 7) is 0.253. The van der Waals surface area contributed by atoms with Crippen LogP contribution in [0, 0.1) is 0 Å². The van der Waals surface area contributed by atoms with Gasteiger partial charge in [0.05, 0.1) is 26.2 Å². The van der Waals surface area contributed by atoms with E-state index < -0.39 is 15.1 Å². The minimum atomic E-state index is -3.51. The standard InChI is InChI=1S/C19H22N2O6S/c1-25-14-4-6-17(7-5-14)28(23,24)18-11-21(12-18)19(22)20-13-8-15(26-2)10-16(9-13)27-3/h4-10,18H,11-12H2,1-3H3,(H,20,22). The van der Waals surface area contributed by atoms with Crippen LogP contribution in [0.5, 0.6) is 17.2 Å². The minimum absolute atomic E-state index is 0.126. The van der Waals surface area contributed by atoms with E-state index in [4.69, 9.17) is 14.2 Å². The van der Waals surface area contributed by atoms with Crippen LogP contribution in [0.25, 0.3) is 0 Å². The van der Waals surface area contributed by atoms with Crippen LogP contribution in [0.4, 0.5) is 10.5 Å². The van der Waals surface area contributed by atoms with Gasteiger partial charge in [0.25, 0.3) is 0 Å². The van der Waals surface area contributed by atoms with Gasteiger partial charge in [-0.1, -0.05) is 0 Å². The van der Waals surface area contributed by atoms with Gasteiger partial charge in [-0.05, 0) is 24.3 Å². The highest BCUT2D eigenvalue weighted by Crippen LogP contribution is 2.28. The molecule has 0 unspecified atom stereocenters. The van der Waals surface area contributed by atoms with Crippen LogP contribution in [-0.4, -0.2) is 59.0 Å². The average molecular weight is 406 g/mol. The minimum Gasteiger partial charge on any atom is -0.497 e. The number of benzene rings is 2. The first-order valence-corrected chi connectivity index (χ1v) is 10.1. The summed E-state index contributed by atoms with van der Waals surface area (Å²) in [5.41, 5.74) is 0.502. The van der Waals surface area contributed by atoms with Gasteiger partial charge in [0.1, 0.15) is 22.5 Å². The molecule has 1 aliphatic rings. The molecule has 9 heteroatoms. The van der Waals surface area contributed by atoms with Gasteiger partial charge in [-0.3, -0.25) is 0 Å². The van der Waals surface area contributed by atoms with Crippen LogP contribution in [0.1, 0.15) is 0 Å². The van der Waals surface area contributed by atoms with E-state index in [9.17, 15) is 13.2 Å². The molecule has 28 heavy (non-hydrogen) atoms. The van der Waals surface area contributed by atoms with Crippen molar-refractivity contribution in [1.82, 2.24) is 4.90 Å². The molecule has 0 spiro atoms. The van der Waals surface area contributed by atoms with Crippen LogP contribution in [0.3, 0.4) is 0 Å². The van der Waals surface area contributed by atoms with E-state index in [0.29, 0.717) is 22.9 Å². The monoisotopic (exact) mass is 406 g/mol. The maximum Gasteiger partial charge on any atom is 0.321 e. The SMILES string of the molecule is COc1ccc(S(=O)(=O)C2CN(C(=O)Nc3cc(OC)cc(OC)c3)C2)cc1. The second-order valence-corrected chi connectivity index (χ2v) is 8.51. The normalized spacial score (nSPS) is 14.2. The van der Waals surface area contributed by atoms with Crippen LogP contribution >= 0.6 is 0 Å². The number of sulfone groups is 1. The van der Waals surface area contributed by atoms with Crippen LogP contribution in [0.15, 0.2) is 47.4 Å². The van der Waals surface area contributed by atoms with E-state index in [1.165, 1.54) is 38.4 Å². The first-order valence-electron chi connectivity index (χ1n) is 8.54. The highest BCUT2D eigenvalue weighted by Gasteiger charge is 2.40. The smallest absolute Gasteiger partial charge is 0.321 e. The Balaban J connectivity index is 1.63. The number of anilines is 1. The van der Waals surface area contributed by atoms with E-state index in [2.05, 4.69) is 5.32 Å². The molecule has 1 heterocycles. The molecule has 3 rings (SSSR count). The number of hydrogen-bond donors (Lipinski definition) is 1. The Morgan fingerprint density at radius 3 is 1.96 bits per heavy atom. The number of nitrogens with zero attached hydrogens (tertiary/aromatic N) is 1. The molecule has 0 aliphatic carbocycles. The fourth-order valence-corrected chi connectivity index (χ4v) is 4.49. The second-order valence-electron chi connectivity index (χ2n) is 6.28. The summed E-state index contributed by atoms with van der Waals surface area (Å²) in [6.07, 6.45) is 0. The third kappa shape index (κ3) is 3.99. The Labute approximate surface area is 163 Å². The molecule has 1 saturated heterocycles. The third-order valence-corrected chi connectivity index (χ3v) is 6.67. The highest BCUT2D eigenvalue weighted by atomic mass is 32.2. The zero-order valence-electron chi connectivity index (χ0n) is 15.8. The topological polar surface area (TPSA) is 94.2 Å². The molecule has 2 aromatic carbocycles. The van der Waals surface area contributed by atoms with E-state index >= 15 is 0 Å². The zero-order valence-corrected chi connectivity index (χ0v) is 16.7. The Kier molecular flexibility index (Phi) is 5.64. The number of ether oxygens (including phenoxy) is 3. The summed E-state index contributed by atoms with van der Waals surface area (Å²) >= 11 is 0. The van der Waals surface area contributed by atoms with Gasteiger partial charge < -0.3 is 24.4 Å².